The van der Waals surface area contributed by atoms with Crippen molar-refractivity contribution in [1.82, 2.24) is 5.32 Å². The maximum absolute atomic E-state index is 12.4. The predicted molar refractivity (Wildman–Crippen MR) is 102 cm³/mol. The van der Waals surface area contributed by atoms with Crippen LogP contribution < -0.4 is 10.2 Å². The first kappa shape index (κ1) is 19.0. The Hall–Kier alpha value is -2.33. The summed E-state index contributed by atoms with van der Waals surface area (Å²) >= 11 is 6.33. The van der Waals surface area contributed by atoms with Crippen LogP contribution in [0.1, 0.15) is 29.2 Å². The van der Waals surface area contributed by atoms with Crippen LogP contribution in [-0.4, -0.2) is 18.4 Å². The number of nitrogens with zero attached hydrogens (tertiary/aromatic N) is 1. The molecule has 0 aliphatic rings. The molecule has 0 fully saturated rings. The van der Waals surface area contributed by atoms with Crippen LogP contribution in [-0.2, 0) is 16.1 Å². The van der Waals surface area contributed by atoms with Gasteiger partial charge in [0.05, 0.1) is 10.7 Å². The minimum absolute atomic E-state index is 0.0646. The molecule has 2 aromatic rings. The van der Waals surface area contributed by atoms with Gasteiger partial charge >= 0.3 is 0 Å². The van der Waals surface area contributed by atoms with Crippen LogP contribution in [0.25, 0.3) is 0 Å². The fraction of sp³-hybridized carbons (Fsp3) is 0.300. The van der Waals surface area contributed by atoms with Gasteiger partial charge in [0, 0.05) is 13.5 Å². The van der Waals surface area contributed by atoms with E-state index in [1.807, 2.05) is 51.1 Å². The first-order valence-electron chi connectivity index (χ1n) is 8.15. The Labute approximate surface area is 153 Å². The van der Waals surface area contributed by atoms with Crippen LogP contribution in [0.2, 0.25) is 5.02 Å². The average Bonchev–Trinajstić information content (AvgIpc) is 2.52. The van der Waals surface area contributed by atoms with Crippen LogP contribution in [0.4, 0.5) is 5.69 Å². The molecular weight excluding hydrogens is 336 g/mol. The van der Waals surface area contributed by atoms with E-state index in [1.165, 1.54) is 11.8 Å². The van der Waals surface area contributed by atoms with Gasteiger partial charge in [0.25, 0.3) is 0 Å². The van der Waals surface area contributed by atoms with E-state index in [0.717, 1.165) is 22.3 Å². The number of hydrogen-bond acceptors (Lipinski definition) is 2. The van der Waals surface area contributed by atoms with Gasteiger partial charge in [-0.1, -0.05) is 41.9 Å². The predicted octanol–water partition coefficient (Wildman–Crippen LogP) is 3.93. The molecular formula is C20H23ClN2O2. The van der Waals surface area contributed by atoms with E-state index < -0.39 is 0 Å². The third-order valence-electron chi connectivity index (χ3n) is 4.09. The van der Waals surface area contributed by atoms with Crippen LogP contribution in [0.5, 0.6) is 0 Å². The monoisotopic (exact) mass is 358 g/mol. The van der Waals surface area contributed by atoms with E-state index in [-0.39, 0.29) is 18.4 Å². The van der Waals surface area contributed by atoms with E-state index in [2.05, 4.69) is 5.32 Å². The van der Waals surface area contributed by atoms with Crippen molar-refractivity contribution in [2.75, 3.05) is 11.4 Å². The molecule has 0 bridgehead atoms. The Balaban J connectivity index is 2.13. The van der Waals surface area contributed by atoms with Crippen molar-refractivity contribution >= 4 is 29.1 Å². The van der Waals surface area contributed by atoms with E-state index in [9.17, 15) is 9.59 Å². The average molecular weight is 359 g/mol. The molecule has 2 rings (SSSR count). The molecule has 0 atom stereocenters. The molecule has 0 aliphatic heterocycles. The summed E-state index contributed by atoms with van der Waals surface area (Å²) in [6.45, 7) is 7.62. The molecule has 5 heteroatoms. The summed E-state index contributed by atoms with van der Waals surface area (Å²) < 4.78 is 0. The number of anilines is 1. The minimum Gasteiger partial charge on any atom is -0.350 e. The molecule has 0 heterocycles. The van der Waals surface area contributed by atoms with Crippen molar-refractivity contribution in [3.63, 3.8) is 0 Å². The van der Waals surface area contributed by atoms with Crippen molar-refractivity contribution in [2.24, 2.45) is 0 Å². The second kappa shape index (κ2) is 8.17. The van der Waals surface area contributed by atoms with Crippen LogP contribution >= 0.6 is 11.6 Å². The van der Waals surface area contributed by atoms with Crippen LogP contribution in [0, 0.1) is 20.8 Å². The molecule has 0 saturated carbocycles. The lowest BCUT2D eigenvalue weighted by atomic mass is 10.1. The minimum atomic E-state index is -0.227. The van der Waals surface area contributed by atoms with Crippen molar-refractivity contribution in [3.8, 4) is 0 Å². The van der Waals surface area contributed by atoms with E-state index in [4.69, 9.17) is 11.6 Å². The largest absolute Gasteiger partial charge is 0.350 e. The SMILES string of the molecule is CC(=O)N(CC(=O)NCc1ccccc1C)c1c(C)cc(C)cc1Cl. The van der Waals surface area contributed by atoms with Gasteiger partial charge < -0.3 is 10.2 Å². The molecule has 1 N–H and O–H groups in total. The number of hydrogen-bond donors (Lipinski definition) is 1. The maximum atomic E-state index is 12.4. The van der Waals surface area contributed by atoms with E-state index in [1.54, 1.807) is 6.07 Å². The molecule has 25 heavy (non-hydrogen) atoms. The number of aryl methyl sites for hydroxylation is 3. The van der Waals surface area contributed by atoms with Crippen LogP contribution in [0.3, 0.4) is 0 Å². The van der Waals surface area contributed by atoms with Gasteiger partial charge in [0.2, 0.25) is 11.8 Å². The molecule has 0 unspecified atom stereocenters. The van der Waals surface area contributed by atoms with Crippen molar-refractivity contribution in [1.29, 1.82) is 0 Å². The van der Waals surface area contributed by atoms with Crippen molar-refractivity contribution in [2.45, 2.75) is 34.2 Å². The standard InChI is InChI=1S/C20H23ClN2O2/c1-13-9-15(3)20(18(21)10-13)23(16(4)24)12-19(25)22-11-17-8-6-5-7-14(17)2/h5-10H,11-12H2,1-4H3,(H,22,25). The van der Waals surface area contributed by atoms with E-state index >= 15 is 0 Å². The zero-order chi connectivity index (χ0) is 18.6. The highest BCUT2D eigenvalue weighted by molar-refractivity contribution is 6.34. The molecule has 2 amide bonds. The number of carbonyl (C=O) groups excluding carboxylic acids is 2. The maximum Gasteiger partial charge on any atom is 0.240 e. The third kappa shape index (κ3) is 4.83. The number of benzene rings is 2. The Morgan fingerprint density at radius 3 is 2.36 bits per heavy atom. The number of nitrogens with one attached hydrogen (secondary N) is 1. The van der Waals surface area contributed by atoms with Gasteiger partial charge in [-0.05, 0) is 49.1 Å². The summed E-state index contributed by atoms with van der Waals surface area (Å²) in [6.07, 6.45) is 0. The lowest BCUT2D eigenvalue weighted by Gasteiger charge is -2.24. The van der Waals surface area contributed by atoms with E-state index in [0.29, 0.717) is 17.3 Å². The normalized spacial score (nSPS) is 10.4. The highest BCUT2D eigenvalue weighted by Gasteiger charge is 2.20. The number of rotatable bonds is 5. The van der Waals surface area contributed by atoms with Crippen molar-refractivity contribution < 1.29 is 9.59 Å². The Morgan fingerprint density at radius 2 is 1.76 bits per heavy atom. The first-order valence-corrected chi connectivity index (χ1v) is 8.53. The summed E-state index contributed by atoms with van der Waals surface area (Å²) in [4.78, 5) is 25.9. The van der Waals surface area contributed by atoms with Gasteiger partial charge in [-0.2, -0.15) is 0 Å². The number of carbonyl (C=O) groups is 2. The fourth-order valence-electron chi connectivity index (χ4n) is 2.80. The number of amides is 2. The van der Waals surface area contributed by atoms with Gasteiger partial charge in [0.1, 0.15) is 6.54 Å². The van der Waals surface area contributed by atoms with Gasteiger partial charge in [-0.25, -0.2) is 0 Å². The number of halogens is 1. The molecule has 0 aliphatic carbocycles. The zero-order valence-corrected chi connectivity index (χ0v) is 15.8. The summed E-state index contributed by atoms with van der Waals surface area (Å²) in [6, 6.07) is 11.6. The molecule has 0 saturated heterocycles. The van der Waals surface area contributed by atoms with Gasteiger partial charge in [0.15, 0.2) is 0 Å². The molecule has 132 valence electrons. The Kier molecular flexibility index (Phi) is 6.21. The van der Waals surface area contributed by atoms with Crippen LogP contribution in [0.15, 0.2) is 36.4 Å². The lowest BCUT2D eigenvalue weighted by Crippen LogP contribution is -2.40. The zero-order valence-electron chi connectivity index (χ0n) is 15.0. The molecule has 4 nitrogen and oxygen atoms in total. The van der Waals surface area contributed by atoms with Crippen molar-refractivity contribution in [3.05, 3.63) is 63.7 Å². The van der Waals surface area contributed by atoms with Gasteiger partial charge in [-0.15, -0.1) is 0 Å². The Bertz CT molecular complexity index is 779. The molecule has 0 spiro atoms. The second-order valence-electron chi connectivity index (χ2n) is 6.22. The summed E-state index contributed by atoms with van der Waals surface area (Å²) in [5.74, 6) is -0.450. The third-order valence-corrected chi connectivity index (χ3v) is 4.38. The summed E-state index contributed by atoms with van der Waals surface area (Å²) in [5.41, 5.74) is 4.63. The van der Waals surface area contributed by atoms with Gasteiger partial charge in [-0.3, -0.25) is 9.59 Å². The Morgan fingerprint density at radius 1 is 1.08 bits per heavy atom. The molecule has 0 radical (unpaired) electrons. The first-order chi connectivity index (χ1) is 11.8. The quantitative estimate of drug-likeness (QED) is 0.880. The summed E-state index contributed by atoms with van der Waals surface area (Å²) in [5, 5.41) is 3.34. The lowest BCUT2D eigenvalue weighted by molar-refractivity contribution is -0.123. The topological polar surface area (TPSA) is 49.4 Å². The second-order valence-corrected chi connectivity index (χ2v) is 6.63. The molecule has 0 aromatic heterocycles. The molecule has 2 aromatic carbocycles. The highest BCUT2D eigenvalue weighted by atomic mass is 35.5. The summed E-state index contributed by atoms with van der Waals surface area (Å²) in [7, 11) is 0. The fourth-order valence-corrected chi connectivity index (χ4v) is 3.22. The smallest absolute Gasteiger partial charge is 0.240 e. The highest BCUT2D eigenvalue weighted by Crippen LogP contribution is 2.31.